The topological polar surface area (TPSA) is 144 Å². The maximum atomic E-state index is 11.4. The molecule has 0 spiro atoms. The number of nitrogens with zero attached hydrogens (tertiary/aromatic N) is 2. The van der Waals surface area contributed by atoms with E-state index in [4.69, 9.17) is 10.2 Å². The molecular weight excluding hydrogens is 302 g/mol. The van der Waals surface area contributed by atoms with Crippen molar-refractivity contribution < 1.29 is 23.2 Å². The summed E-state index contributed by atoms with van der Waals surface area (Å²) in [5.74, 6) is -1.13. The lowest BCUT2D eigenvalue weighted by atomic mass is 10.2. The summed E-state index contributed by atoms with van der Waals surface area (Å²) >= 11 is 0. The number of nitro groups is 1. The summed E-state index contributed by atoms with van der Waals surface area (Å²) in [6.07, 6.45) is 0.584. The minimum atomic E-state index is -4.14. The third-order valence-corrected chi connectivity index (χ3v) is 3.49. The molecule has 0 fully saturated rings. The third kappa shape index (κ3) is 4.68. The molecule has 0 saturated heterocycles. The predicted octanol–water partition coefficient (Wildman–Crippen LogP) is 0.543. The van der Waals surface area contributed by atoms with Crippen molar-refractivity contribution in [2.24, 2.45) is 5.14 Å². The van der Waals surface area contributed by atoms with Gasteiger partial charge in [-0.2, -0.15) is 0 Å². The minimum absolute atomic E-state index is 0.123. The molecule has 21 heavy (non-hydrogen) atoms. The van der Waals surface area contributed by atoms with Crippen molar-refractivity contribution in [2.75, 3.05) is 18.0 Å². The fraction of sp³-hybridized carbons (Fsp3) is 0.364. The Labute approximate surface area is 121 Å². The van der Waals surface area contributed by atoms with E-state index in [1.54, 1.807) is 6.92 Å². The van der Waals surface area contributed by atoms with Crippen molar-refractivity contribution in [1.82, 2.24) is 0 Å². The molecule has 1 aromatic rings. The number of carboxylic acids is 1. The molecule has 0 bridgehead atoms. The lowest BCUT2D eigenvalue weighted by molar-refractivity contribution is -0.385. The van der Waals surface area contributed by atoms with E-state index >= 15 is 0 Å². The molecule has 0 saturated carbocycles. The van der Waals surface area contributed by atoms with Crippen LogP contribution in [0.25, 0.3) is 0 Å². The van der Waals surface area contributed by atoms with Crippen LogP contribution in [0, 0.1) is 10.1 Å². The summed E-state index contributed by atoms with van der Waals surface area (Å²) < 4.78 is 22.8. The second-order valence-corrected chi connectivity index (χ2v) is 5.86. The Bertz CT molecular complexity index is 658. The van der Waals surface area contributed by atoms with Gasteiger partial charge in [0.1, 0.15) is 6.54 Å². The molecule has 10 heteroatoms. The summed E-state index contributed by atoms with van der Waals surface area (Å²) in [7, 11) is -4.14. The van der Waals surface area contributed by atoms with Gasteiger partial charge in [-0.3, -0.25) is 14.9 Å². The van der Waals surface area contributed by atoms with Crippen molar-refractivity contribution in [3.05, 3.63) is 28.3 Å². The Morgan fingerprint density at radius 3 is 2.48 bits per heavy atom. The number of nitro benzene ring substituents is 1. The molecule has 0 aliphatic heterocycles. The van der Waals surface area contributed by atoms with Crippen LogP contribution in [-0.2, 0) is 14.8 Å². The van der Waals surface area contributed by atoms with Gasteiger partial charge < -0.3 is 10.0 Å². The Balaban J connectivity index is 3.41. The van der Waals surface area contributed by atoms with E-state index in [0.717, 1.165) is 18.2 Å². The van der Waals surface area contributed by atoms with E-state index in [9.17, 15) is 23.3 Å². The number of hydrogen-bond donors (Lipinski definition) is 2. The highest BCUT2D eigenvalue weighted by molar-refractivity contribution is 7.89. The average molecular weight is 317 g/mol. The Morgan fingerprint density at radius 2 is 2.05 bits per heavy atom. The number of hydrogen-bond acceptors (Lipinski definition) is 6. The van der Waals surface area contributed by atoms with Crippen molar-refractivity contribution >= 4 is 27.4 Å². The van der Waals surface area contributed by atoms with Crippen LogP contribution in [0.5, 0.6) is 0 Å². The van der Waals surface area contributed by atoms with Crippen LogP contribution in [0.3, 0.4) is 0 Å². The van der Waals surface area contributed by atoms with Gasteiger partial charge in [0.25, 0.3) is 5.69 Å². The maximum Gasteiger partial charge on any atom is 0.323 e. The van der Waals surface area contributed by atoms with Crippen molar-refractivity contribution in [2.45, 2.75) is 18.2 Å². The lowest BCUT2D eigenvalue weighted by Crippen LogP contribution is -2.30. The normalized spacial score (nSPS) is 11.1. The smallest absolute Gasteiger partial charge is 0.323 e. The van der Waals surface area contributed by atoms with Crippen molar-refractivity contribution in [3.63, 3.8) is 0 Å². The molecule has 9 nitrogen and oxygen atoms in total. The van der Waals surface area contributed by atoms with Gasteiger partial charge >= 0.3 is 5.97 Å². The first-order chi connectivity index (χ1) is 9.65. The first kappa shape index (κ1) is 16.9. The molecule has 0 radical (unpaired) electrons. The first-order valence-corrected chi connectivity index (χ1v) is 7.48. The molecule has 0 aliphatic carbocycles. The van der Waals surface area contributed by atoms with Gasteiger partial charge in [-0.05, 0) is 12.5 Å². The maximum absolute atomic E-state index is 11.4. The zero-order valence-electron chi connectivity index (χ0n) is 11.2. The zero-order chi connectivity index (χ0) is 16.2. The number of rotatable bonds is 7. The Morgan fingerprint density at radius 1 is 1.43 bits per heavy atom. The molecule has 0 amide bonds. The average Bonchev–Trinajstić information content (AvgIpc) is 2.36. The summed E-state index contributed by atoms with van der Waals surface area (Å²) in [5.41, 5.74) is -0.347. The molecule has 0 aliphatic rings. The van der Waals surface area contributed by atoms with E-state index in [1.165, 1.54) is 4.90 Å². The molecule has 0 unspecified atom stereocenters. The summed E-state index contributed by atoms with van der Waals surface area (Å²) in [5, 5.41) is 24.7. The van der Waals surface area contributed by atoms with Gasteiger partial charge in [0.05, 0.1) is 9.82 Å². The lowest BCUT2D eigenvalue weighted by Gasteiger charge is -2.22. The summed E-state index contributed by atoms with van der Waals surface area (Å²) in [6.45, 7) is 1.70. The van der Waals surface area contributed by atoms with Crippen molar-refractivity contribution in [1.29, 1.82) is 0 Å². The van der Waals surface area contributed by atoms with Crippen molar-refractivity contribution in [3.8, 4) is 0 Å². The van der Waals surface area contributed by atoms with Crippen LogP contribution in [-0.4, -0.2) is 37.5 Å². The molecule has 1 rings (SSSR count). The molecule has 1 aromatic carbocycles. The number of aliphatic carboxylic acids is 1. The number of sulfonamides is 1. The van der Waals surface area contributed by atoms with Gasteiger partial charge in [0.2, 0.25) is 10.0 Å². The summed E-state index contributed by atoms with van der Waals surface area (Å²) in [4.78, 5) is 21.9. The molecule has 116 valence electrons. The largest absolute Gasteiger partial charge is 0.480 e. The molecule has 0 aromatic heterocycles. The Kier molecular flexibility index (Phi) is 5.22. The fourth-order valence-electron chi connectivity index (χ4n) is 1.75. The monoisotopic (exact) mass is 317 g/mol. The quantitative estimate of drug-likeness (QED) is 0.551. The fourth-order valence-corrected chi connectivity index (χ4v) is 2.32. The second kappa shape index (κ2) is 6.50. The number of anilines is 1. The van der Waals surface area contributed by atoms with Gasteiger partial charge in [-0.15, -0.1) is 0 Å². The molecule has 0 heterocycles. The van der Waals surface area contributed by atoms with Crippen LogP contribution in [0.15, 0.2) is 23.1 Å². The summed E-state index contributed by atoms with van der Waals surface area (Å²) in [6, 6.07) is 3.08. The van der Waals surface area contributed by atoms with E-state index in [1.807, 2.05) is 0 Å². The standard InChI is InChI=1S/C11H15N3O6S/c1-2-3-13(7-11(15)16)8-4-9(14(17)18)6-10(5-8)21(12,19)20/h4-6H,2-3,7H2,1H3,(H,15,16)(H2,12,19,20). The van der Waals surface area contributed by atoms with E-state index in [2.05, 4.69) is 0 Å². The first-order valence-electron chi connectivity index (χ1n) is 5.94. The van der Waals surface area contributed by atoms with Crippen LogP contribution in [0.4, 0.5) is 11.4 Å². The number of carbonyl (C=O) groups is 1. The van der Waals surface area contributed by atoms with E-state index in [-0.39, 0.29) is 5.69 Å². The van der Waals surface area contributed by atoms with Crippen LogP contribution in [0.2, 0.25) is 0 Å². The van der Waals surface area contributed by atoms with Crippen LogP contribution in [0.1, 0.15) is 13.3 Å². The molecule has 3 N–H and O–H groups in total. The van der Waals surface area contributed by atoms with Crippen LogP contribution < -0.4 is 10.0 Å². The van der Waals surface area contributed by atoms with Crippen LogP contribution >= 0.6 is 0 Å². The van der Waals surface area contributed by atoms with E-state index in [0.29, 0.717) is 13.0 Å². The number of primary sulfonamides is 1. The molecular formula is C11H15N3O6S. The highest BCUT2D eigenvalue weighted by Crippen LogP contribution is 2.26. The number of non-ortho nitro benzene ring substituents is 1. The number of benzene rings is 1. The molecule has 0 atom stereocenters. The van der Waals surface area contributed by atoms with Gasteiger partial charge in [0, 0.05) is 24.4 Å². The van der Waals surface area contributed by atoms with E-state index < -0.39 is 38.0 Å². The van der Waals surface area contributed by atoms with Gasteiger partial charge in [-0.1, -0.05) is 6.92 Å². The minimum Gasteiger partial charge on any atom is -0.480 e. The van der Waals surface area contributed by atoms with Gasteiger partial charge in [-0.25, -0.2) is 13.6 Å². The zero-order valence-corrected chi connectivity index (χ0v) is 12.0. The Hall–Kier alpha value is -2.20. The number of nitrogens with two attached hydrogens (primary N) is 1. The third-order valence-electron chi connectivity index (χ3n) is 2.60. The second-order valence-electron chi connectivity index (χ2n) is 4.30. The number of carboxylic acid groups (broad SMARTS) is 1. The highest BCUT2D eigenvalue weighted by atomic mass is 32.2. The SMILES string of the molecule is CCCN(CC(=O)O)c1cc([N+](=O)[O-])cc(S(N)(=O)=O)c1. The highest BCUT2D eigenvalue weighted by Gasteiger charge is 2.20. The predicted molar refractivity (Wildman–Crippen MR) is 74.6 cm³/mol. The van der Waals surface area contributed by atoms with Gasteiger partial charge in [0.15, 0.2) is 0 Å².